The molecule has 2 aliphatic rings. The lowest BCUT2D eigenvalue weighted by atomic mass is 9.82. The second-order valence-electron chi connectivity index (χ2n) is 4.17. The zero-order chi connectivity index (χ0) is 12.7. The number of hydrogen-bond donors (Lipinski definition) is 2. The quantitative estimate of drug-likeness (QED) is 0.788. The number of ether oxygens (including phenoxy) is 1. The minimum Gasteiger partial charge on any atom is -0.481 e. The van der Waals surface area contributed by atoms with Crippen molar-refractivity contribution in [3.05, 3.63) is 23.7 Å². The number of carboxylic acids is 1. The van der Waals surface area contributed by atoms with Crippen LogP contribution in [-0.2, 0) is 14.3 Å². The number of rotatable bonds is 3. The van der Waals surface area contributed by atoms with Gasteiger partial charge in [0, 0.05) is 11.6 Å². The van der Waals surface area contributed by atoms with Crippen LogP contribution in [0.1, 0.15) is 0 Å². The van der Waals surface area contributed by atoms with Crippen LogP contribution in [0, 0.1) is 11.8 Å². The first-order valence-electron chi connectivity index (χ1n) is 5.44. The van der Waals surface area contributed by atoms with E-state index >= 15 is 0 Å². The van der Waals surface area contributed by atoms with E-state index in [9.17, 15) is 14.7 Å². The molecule has 6 nitrogen and oxygen atoms in total. The Morgan fingerprint density at radius 2 is 2.06 bits per heavy atom. The molecule has 94 valence electrons. The second kappa shape index (κ2) is 4.18. The van der Waals surface area contributed by atoms with Crippen molar-refractivity contribution in [2.24, 2.45) is 11.8 Å². The number of carboxylic acid groups (broad SMARTS) is 1. The highest BCUT2D eigenvalue weighted by atomic mass is 32.1. The molecule has 0 radical (unpaired) electrons. The van der Waals surface area contributed by atoms with Crippen molar-refractivity contribution in [1.82, 2.24) is 4.98 Å². The molecule has 0 aliphatic carbocycles. The number of aliphatic carboxylic acids is 1. The van der Waals surface area contributed by atoms with Crippen LogP contribution in [-0.4, -0.2) is 34.2 Å². The minimum absolute atomic E-state index is 0.353. The van der Waals surface area contributed by atoms with Gasteiger partial charge in [-0.05, 0) is 0 Å². The normalized spacial score (nSPS) is 32.7. The summed E-state index contributed by atoms with van der Waals surface area (Å²) in [7, 11) is 0. The van der Waals surface area contributed by atoms with Crippen LogP contribution in [0.3, 0.4) is 0 Å². The molecule has 0 unspecified atom stereocenters. The third-order valence-corrected chi connectivity index (χ3v) is 3.84. The zero-order valence-electron chi connectivity index (χ0n) is 9.15. The van der Waals surface area contributed by atoms with Crippen molar-refractivity contribution in [2.75, 3.05) is 5.32 Å². The fourth-order valence-corrected chi connectivity index (χ4v) is 2.92. The molecule has 3 rings (SSSR count). The molecular weight excluding hydrogens is 256 g/mol. The number of aromatic nitrogens is 1. The van der Waals surface area contributed by atoms with Gasteiger partial charge in [-0.2, -0.15) is 0 Å². The zero-order valence-corrected chi connectivity index (χ0v) is 9.96. The molecule has 4 atom stereocenters. The van der Waals surface area contributed by atoms with E-state index in [0.29, 0.717) is 5.13 Å². The lowest BCUT2D eigenvalue weighted by molar-refractivity contribution is -0.145. The van der Waals surface area contributed by atoms with E-state index in [-0.39, 0.29) is 5.91 Å². The van der Waals surface area contributed by atoms with Gasteiger partial charge in [-0.3, -0.25) is 9.59 Å². The molecule has 3 heterocycles. The van der Waals surface area contributed by atoms with E-state index < -0.39 is 30.0 Å². The summed E-state index contributed by atoms with van der Waals surface area (Å²) in [5, 5.41) is 14.0. The molecular formula is C11H10N2O4S. The number of hydrogen-bond acceptors (Lipinski definition) is 5. The Balaban J connectivity index is 1.80. The molecule has 0 aromatic carbocycles. The Bertz CT molecular complexity index is 513. The Labute approximate surface area is 106 Å². The van der Waals surface area contributed by atoms with Crippen molar-refractivity contribution in [1.29, 1.82) is 0 Å². The highest BCUT2D eigenvalue weighted by Gasteiger charge is 2.53. The smallest absolute Gasteiger partial charge is 0.310 e. The predicted octanol–water partition coefficient (Wildman–Crippen LogP) is 0.736. The standard InChI is InChI=1S/C11H10N2O4S/c14-9(13-11-12-3-4-18-11)7-5-1-2-6(17-5)8(7)10(15)16/h1-8H,(H,15,16)(H,12,13,14)/t5-,6+,7+,8-/m1/s1. The molecule has 2 aliphatic heterocycles. The second-order valence-corrected chi connectivity index (χ2v) is 5.06. The molecule has 18 heavy (non-hydrogen) atoms. The number of fused-ring (bicyclic) bond motifs is 2. The highest BCUT2D eigenvalue weighted by molar-refractivity contribution is 7.13. The number of anilines is 1. The summed E-state index contributed by atoms with van der Waals surface area (Å²) in [5.74, 6) is -2.87. The first-order valence-corrected chi connectivity index (χ1v) is 6.32. The summed E-state index contributed by atoms with van der Waals surface area (Å²) in [6.45, 7) is 0. The van der Waals surface area contributed by atoms with Crippen molar-refractivity contribution >= 4 is 28.3 Å². The van der Waals surface area contributed by atoms with Crippen molar-refractivity contribution in [3.8, 4) is 0 Å². The fraction of sp³-hybridized carbons (Fsp3) is 0.364. The summed E-state index contributed by atoms with van der Waals surface area (Å²) >= 11 is 1.29. The van der Waals surface area contributed by atoms with Crippen LogP contribution >= 0.6 is 11.3 Å². The maximum absolute atomic E-state index is 12.1. The highest BCUT2D eigenvalue weighted by Crippen LogP contribution is 2.39. The van der Waals surface area contributed by atoms with Crippen LogP contribution in [0.2, 0.25) is 0 Å². The van der Waals surface area contributed by atoms with E-state index in [1.54, 1.807) is 23.7 Å². The van der Waals surface area contributed by atoms with Gasteiger partial charge < -0.3 is 15.2 Å². The lowest BCUT2D eigenvalue weighted by Gasteiger charge is -2.20. The topological polar surface area (TPSA) is 88.5 Å². The minimum atomic E-state index is -1.01. The average molecular weight is 266 g/mol. The summed E-state index contributed by atoms with van der Waals surface area (Å²) < 4.78 is 5.43. The molecule has 7 heteroatoms. The van der Waals surface area contributed by atoms with Crippen molar-refractivity contribution in [2.45, 2.75) is 12.2 Å². The third kappa shape index (κ3) is 1.72. The summed E-state index contributed by atoms with van der Waals surface area (Å²) in [6, 6.07) is 0. The number of amides is 1. The number of nitrogens with zero attached hydrogens (tertiary/aromatic N) is 1. The van der Waals surface area contributed by atoms with E-state index in [2.05, 4.69) is 10.3 Å². The van der Waals surface area contributed by atoms with Crippen LogP contribution in [0.5, 0.6) is 0 Å². The maximum Gasteiger partial charge on any atom is 0.310 e. The summed E-state index contributed by atoms with van der Waals surface area (Å²) in [6.07, 6.45) is 4.08. The Hall–Kier alpha value is -1.73. The Kier molecular flexibility index (Phi) is 2.64. The van der Waals surface area contributed by atoms with E-state index in [0.717, 1.165) is 0 Å². The molecule has 2 N–H and O–H groups in total. The van der Waals surface area contributed by atoms with Gasteiger partial charge in [0.1, 0.15) is 5.92 Å². The molecule has 2 bridgehead atoms. The van der Waals surface area contributed by atoms with Gasteiger partial charge in [-0.1, -0.05) is 12.2 Å². The number of carbonyl (C=O) groups excluding carboxylic acids is 1. The Morgan fingerprint density at radius 3 is 2.67 bits per heavy atom. The third-order valence-electron chi connectivity index (χ3n) is 3.15. The van der Waals surface area contributed by atoms with Gasteiger partial charge in [0.05, 0.1) is 18.1 Å². The molecule has 1 aromatic heterocycles. The number of nitrogens with one attached hydrogen (secondary N) is 1. The Morgan fingerprint density at radius 1 is 1.33 bits per heavy atom. The van der Waals surface area contributed by atoms with Gasteiger partial charge in [0.25, 0.3) is 0 Å². The molecule has 1 fully saturated rings. The van der Waals surface area contributed by atoms with Crippen LogP contribution < -0.4 is 5.32 Å². The molecule has 0 saturated carbocycles. The summed E-state index contributed by atoms with van der Waals surface area (Å²) in [4.78, 5) is 27.2. The largest absolute Gasteiger partial charge is 0.481 e. The van der Waals surface area contributed by atoms with Crippen LogP contribution in [0.15, 0.2) is 23.7 Å². The first kappa shape index (κ1) is 11.4. The van der Waals surface area contributed by atoms with Gasteiger partial charge in [0.15, 0.2) is 5.13 Å². The SMILES string of the molecule is O=C(Nc1nccs1)[C@@H]1[C@H](C(=O)O)[C@@H]2C=C[C@H]1O2. The fourth-order valence-electron chi connectivity index (χ4n) is 2.39. The monoisotopic (exact) mass is 266 g/mol. The predicted molar refractivity (Wildman–Crippen MR) is 63.2 cm³/mol. The van der Waals surface area contributed by atoms with Crippen LogP contribution in [0.4, 0.5) is 5.13 Å². The molecule has 0 spiro atoms. The van der Waals surface area contributed by atoms with E-state index in [4.69, 9.17) is 4.74 Å². The van der Waals surface area contributed by atoms with Gasteiger partial charge in [0.2, 0.25) is 5.91 Å². The van der Waals surface area contributed by atoms with Gasteiger partial charge in [-0.25, -0.2) is 4.98 Å². The van der Waals surface area contributed by atoms with Crippen molar-refractivity contribution in [3.63, 3.8) is 0 Å². The average Bonchev–Trinajstić information content (AvgIpc) is 3.03. The van der Waals surface area contributed by atoms with Crippen LogP contribution in [0.25, 0.3) is 0 Å². The number of carbonyl (C=O) groups is 2. The van der Waals surface area contributed by atoms with Gasteiger partial charge in [-0.15, -0.1) is 11.3 Å². The van der Waals surface area contributed by atoms with Crippen molar-refractivity contribution < 1.29 is 19.4 Å². The molecule has 1 amide bonds. The number of thiazole rings is 1. The lowest BCUT2D eigenvalue weighted by Crippen LogP contribution is -2.39. The first-order chi connectivity index (χ1) is 8.66. The van der Waals surface area contributed by atoms with E-state index in [1.807, 2.05) is 0 Å². The summed E-state index contributed by atoms with van der Waals surface area (Å²) in [5.41, 5.74) is 0. The maximum atomic E-state index is 12.1. The molecule has 1 saturated heterocycles. The molecule has 1 aromatic rings. The van der Waals surface area contributed by atoms with Gasteiger partial charge >= 0.3 is 5.97 Å². The van der Waals surface area contributed by atoms with E-state index in [1.165, 1.54) is 11.3 Å².